The van der Waals surface area contributed by atoms with Crippen LogP contribution in [0.2, 0.25) is 0 Å². The number of nitrogens with zero attached hydrogens (tertiary/aromatic N) is 1. The SMILES string of the molecule is CC1CCCN(C(=O)c2csc3ccccc23)C1CN.Cl. The van der Waals surface area contributed by atoms with E-state index in [-0.39, 0.29) is 24.4 Å². The van der Waals surface area contributed by atoms with E-state index in [2.05, 4.69) is 13.0 Å². The van der Waals surface area contributed by atoms with Gasteiger partial charge < -0.3 is 10.6 Å². The molecule has 2 N–H and O–H groups in total. The van der Waals surface area contributed by atoms with Gasteiger partial charge >= 0.3 is 0 Å². The van der Waals surface area contributed by atoms with Gasteiger partial charge in [0.25, 0.3) is 5.91 Å². The summed E-state index contributed by atoms with van der Waals surface area (Å²) in [7, 11) is 0. The van der Waals surface area contributed by atoms with Gasteiger partial charge in [-0.1, -0.05) is 25.1 Å². The molecule has 0 spiro atoms. The molecule has 3 nitrogen and oxygen atoms in total. The number of fused-ring (bicyclic) bond motifs is 1. The summed E-state index contributed by atoms with van der Waals surface area (Å²) >= 11 is 1.64. The Bertz CT molecular complexity index is 628. The molecule has 1 aliphatic heterocycles. The fourth-order valence-corrected chi connectivity index (χ4v) is 4.09. The zero-order chi connectivity index (χ0) is 14.1. The van der Waals surface area contributed by atoms with Crippen LogP contribution in [-0.4, -0.2) is 29.9 Å². The Morgan fingerprint density at radius 2 is 2.19 bits per heavy atom. The third kappa shape index (κ3) is 2.93. The molecule has 5 heteroatoms. The van der Waals surface area contributed by atoms with E-state index in [0.29, 0.717) is 12.5 Å². The Labute approximate surface area is 135 Å². The minimum atomic E-state index is 0. The molecule has 2 atom stereocenters. The Morgan fingerprint density at radius 1 is 1.43 bits per heavy atom. The molecule has 1 aliphatic rings. The number of likely N-dealkylation sites (tertiary alicyclic amines) is 1. The van der Waals surface area contributed by atoms with Crippen LogP contribution in [0.15, 0.2) is 29.6 Å². The highest BCUT2D eigenvalue weighted by atomic mass is 35.5. The second kappa shape index (κ2) is 6.77. The van der Waals surface area contributed by atoms with Gasteiger partial charge in [0.2, 0.25) is 0 Å². The van der Waals surface area contributed by atoms with E-state index in [1.165, 1.54) is 4.70 Å². The molecule has 1 aromatic carbocycles. The number of carbonyl (C=O) groups is 1. The topological polar surface area (TPSA) is 46.3 Å². The number of benzene rings is 1. The Kier molecular flexibility index (Phi) is 5.25. The molecule has 114 valence electrons. The highest BCUT2D eigenvalue weighted by Gasteiger charge is 2.32. The molecule has 0 saturated carbocycles. The average molecular weight is 325 g/mol. The highest BCUT2D eigenvalue weighted by Crippen LogP contribution is 2.30. The van der Waals surface area contributed by atoms with E-state index in [1.54, 1.807) is 11.3 Å². The summed E-state index contributed by atoms with van der Waals surface area (Å²) in [6, 6.07) is 8.28. The third-order valence-electron chi connectivity index (χ3n) is 4.33. The number of hydrogen-bond donors (Lipinski definition) is 1. The summed E-state index contributed by atoms with van der Waals surface area (Å²) in [5.74, 6) is 0.632. The molecule has 1 aromatic heterocycles. The summed E-state index contributed by atoms with van der Waals surface area (Å²) in [6.07, 6.45) is 2.24. The summed E-state index contributed by atoms with van der Waals surface area (Å²) < 4.78 is 1.17. The van der Waals surface area contributed by atoms with Crippen molar-refractivity contribution in [1.29, 1.82) is 0 Å². The minimum Gasteiger partial charge on any atom is -0.334 e. The Morgan fingerprint density at radius 3 is 2.95 bits per heavy atom. The van der Waals surface area contributed by atoms with Gasteiger partial charge in [0, 0.05) is 34.6 Å². The lowest BCUT2D eigenvalue weighted by molar-refractivity contribution is 0.0535. The largest absolute Gasteiger partial charge is 0.334 e. The third-order valence-corrected chi connectivity index (χ3v) is 5.29. The van der Waals surface area contributed by atoms with E-state index in [9.17, 15) is 4.79 Å². The van der Waals surface area contributed by atoms with Crippen molar-refractivity contribution < 1.29 is 4.79 Å². The zero-order valence-electron chi connectivity index (χ0n) is 12.1. The van der Waals surface area contributed by atoms with Gasteiger partial charge in [-0.25, -0.2) is 0 Å². The lowest BCUT2D eigenvalue weighted by Crippen LogP contribution is -2.51. The van der Waals surface area contributed by atoms with Gasteiger partial charge in [-0.15, -0.1) is 23.7 Å². The number of thiophene rings is 1. The van der Waals surface area contributed by atoms with Crippen LogP contribution in [0.1, 0.15) is 30.1 Å². The second-order valence-electron chi connectivity index (χ2n) is 5.57. The molecular formula is C16H21ClN2OS. The van der Waals surface area contributed by atoms with Gasteiger partial charge in [0.1, 0.15) is 0 Å². The number of hydrogen-bond acceptors (Lipinski definition) is 3. The van der Waals surface area contributed by atoms with Crippen molar-refractivity contribution in [2.24, 2.45) is 11.7 Å². The normalized spacial score (nSPS) is 22.1. The predicted molar refractivity (Wildman–Crippen MR) is 91.3 cm³/mol. The van der Waals surface area contributed by atoms with Crippen LogP contribution in [0.5, 0.6) is 0 Å². The van der Waals surface area contributed by atoms with E-state index >= 15 is 0 Å². The summed E-state index contributed by atoms with van der Waals surface area (Å²) in [4.78, 5) is 14.9. The molecule has 2 aromatic rings. The molecule has 1 saturated heterocycles. The number of rotatable bonds is 2. The number of piperidine rings is 1. The lowest BCUT2D eigenvalue weighted by Gasteiger charge is -2.39. The van der Waals surface area contributed by atoms with Crippen molar-refractivity contribution in [1.82, 2.24) is 4.90 Å². The maximum absolute atomic E-state index is 12.9. The second-order valence-corrected chi connectivity index (χ2v) is 6.48. The van der Waals surface area contributed by atoms with Crippen molar-refractivity contribution in [2.45, 2.75) is 25.8 Å². The molecule has 1 amide bonds. The maximum Gasteiger partial charge on any atom is 0.255 e. The molecule has 3 rings (SSSR count). The first-order chi connectivity index (χ1) is 9.72. The molecule has 2 unspecified atom stereocenters. The molecular weight excluding hydrogens is 304 g/mol. The highest BCUT2D eigenvalue weighted by molar-refractivity contribution is 7.17. The van der Waals surface area contributed by atoms with Gasteiger partial charge in [0.15, 0.2) is 0 Å². The minimum absolute atomic E-state index is 0. The number of amides is 1. The molecule has 0 bridgehead atoms. The van der Waals surface area contributed by atoms with Crippen LogP contribution in [-0.2, 0) is 0 Å². The van der Waals surface area contributed by atoms with E-state index < -0.39 is 0 Å². The summed E-state index contributed by atoms with van der Waals surface area (Å²) in [5, 5.41) is 3.05. The van der Waals surface area contributed by atoms with Crippen LogP contribution in [0, 0.1) is 5.92 Å². The maximum atomic E-state index is 12.9. The van der Waals surface area contributed by atoms with E-state index in [1.807, 2.05) is 28.5 Å². The smallest absolute Gasteiger partial charge is 0.255 e. The average Bonchev–Trinajstić information content (AvgIpc) is 2.90. The van der Waals surface area contributed by atoms with Crippen molar-refractivity contribution in [3.05, 3.63) is 35.2 Å². The number of nitrogens with two attached hydrogens (primary N) is 1. The van der Waals surface area contributed by atoms with Crippen LogP contribution >= 0.6 is 23.7 Å². The summed E-state index contributed by atoms with van der Waals surface area (Å²) in [5.41, 5.74) is 6.73. The van der Waals surface area contributed by atoms with Crippen molar-refractivity contribution in [3.63, 3.8) is 0 Å². The first-order valence-corrected chi connectivity index (χ1v) is 8.07. The monoisotopic (exact) mass is 324 g/mol. The molecule has 2 heterocycles. The zero-order valence-corrected chi connectivity index (χ0v) is 13.8. The quantitative estimate of drug-likeness (QED) is 0.918. The fraction of sp³-hybridized carbons (Fsp3) is 0.438. The van der Waals surface area contributed by atoms with Gasteiger partial charge in [-0.2, -0.15) is 0 Å². The number of halogens is 1. The van der Waals surface area contributed by atoms with E-state index in [4.69, 9.17) is 5.73 Å². The molecule has 0 aliphatic carbocycles. The lowest BCUT2D eigenvalue weighted by atomic mass is 9.90. The predicted octanol–water partition coefficient (Wildman–Crippen LogP) is 3.52. The fourth-order valence-electron chi connectivity index (χ4n) is 3.16. The van der Waals surface area contributed by atoms with Crippen molar-refractivity contribution in [2.75, 3.05) is 13.1 Å². The van der Waals surface area contributed by atoms with Gasteiger partial charge in [0.05, 0.1) is 5.56 Å². The van der Waals surface area contributed by atoms with Gasteiger partial charge in [-0.3, -0.25) is 4.79 Å². The van der Waals surface area contributed by atoms with E-state index in [0.717, 1.165) is 30.3 Å². The molecule has 1 fully saturated rings. The molecule has 21 heavy (non-hydrogen) atoms. The molecule has 0 radical (unpaired) electrons. The Hall–Kier alpha value is -1.10. The van der Waals surface area contributed by atoms with Crippen molar-refractivity contribution >= 4 is 39.7 Å². The number of carbonyl (C=O) groups excluding carboxylic acids is 1. The first kappa shape index (κ1) is 16.3. The first-order valence-electron chi connectivity index (χ1n) is 7.19. The van der Waals surface area contributed by atoms with Crippen LogP contribution in [0.4, 0.5) is 0 Å². The van der Waals surface area contributed by atoms with Gasteiger partial charge in [-0.05, 0) is 24.8 Å². The van der Waals surface area contributed by atoms with Crippen LogP contribution in [0.25, 0.3) is 10.1 Å². The van der Waals surface area contributed by atoms with Crippen LogP contribution in [0.3, 0.4) is 0 Å². The standard InChI is InChI=1S/C16H20N2OS.ClH/c1-11-5-4-8-18(14(11)9-17)16(19)13-10-20-15-7-3-2-6-12(13)15;/h2-3,6-7,10-11,14H,4-5,8-9,17H2,1H3;1H. The van der Waals surface area contributed by atoms with Crippen LogP contribution < -0.4 is 5.73 Å². The summed E-state index contributed by atoms with van der Waals surface area (Å²) in [6.45, 7) is 3.58. The van der Waals surface area contributed by atoms with Crippen molar-refractivity contribution in [3.8, 4) is 0 Å². The Balaban J connectivity index is 0.00000161.